The molecule has 1 aliphatic rings. The first-order valence-electron chi connectivity index (χ1n) is 7.58. The minimum atomic E-state index is 0.498. The number of benzene rings is 1. The van der Waals surface area contributed by atoms with Crippen molar-refractivity contribution in [2.45, 2.75) is 58.7 Å². The molecule has 0 amide bonds. The SMILES string of the molecule is CC(C)c1cccc([C@@H](C)N2C[C@@H](C)NC[C@H]2C)c1. The van der Waals surface area contributed by atoms with Crippen molar-refractivity contribution in [2.24, 2.45) is 0 Å². The molecule has 2 heteroatoms. The lowest BCUT2D eigenvalue weighted by atomic mass is 9.96. The highest BCUT2D eigenvalue weighted by atomic mass is 15.2. The third-order valence-electron chi connectivity index (χ3n) is 4.37. The van der Waals surface area contributed by atoms with E-state index in [1.165, 1.54) is 11.1 Å². The zero-order valence-corrected chi connectivity index (χ0v) is 13.0. The summed E-state index contributed by atoms with van der Waals surface area (Å²) in [6.07, 6.45) is 0. The Kier molecular flexibility index (Phi) is 4.64. The van der Waals surface area contributed by atoms with Crippen LogP contribution in [-0.2, 0) is 0 Å². The van der Waals surface area contributed by atoms with E-state index in [0.717, 1.165) is 13.1 Å². The van der Waals surface area contributed by atoms with Crippen molar-refractivity contribution >= 4 is 0 Å². The maximum atomic E-state index is 3.56. The van der Waals surface area contributed by atoms with Crippen LogP contribution in [0.4, 0.5) is 0 Å². The highest BCUT2D eigenvalue weighted by Gasteiger charge is 2.27. The van der Waals surface area contributed by atoms with Crippen molar-refractivity contribution in [3.05, 3.63) is 35.4 Å². The van der Waals surface area contributed by atoms with Gasteiger partial charge in [0.1, 0.15) is 0 Å². The number of piperazine rings is 1. The Morgan fingerprint density at radius 1 is 1.16 bits per heavy atom. The maximum Gasteiger partial charge on any atom is 0.0323 e. The average Bonchev–Trinajstić information content (AvgIpc) is 2.41. The molecule has 1 aromatic carbocycles. The van der Waals surface area contributed by atoms with E-state index in [9.17, 15) is 0 Å². The Labute approximate surface area is 118 Å². The molecular weight excluding hydrogens is 232 g/mol. The first kappa shape index (κ1) is 14.5. The second-order valence-electron chi connectivity index (χ2n) is 6.36. The van der Waals surface area contributed by atoms with E-state index in [4.69, 9.17) is 0 Å². The molecule has 0 aromatic heterocycles. The number of rotatable bonds is 3. The highest BCUT2D eigenvalue weighted by molar-refractivity contribution is 5.28. The standard InChI is InChI=1S/C17H28N2/c1-12(2)16-7-6-8-17(9-16)15(5)19-11-13(3)18-10-14(19)4/h6-9,12-15,18H,10-11H2,1-5H3/t13-,14-,15-/m1/s1. The topological polar surface area (TPSA) is 15.3 Å². The fourth-order valence-corrected chi connectivity index (χ4v) is 2.96. The van der Waals surface area contributed by atoms with Crippen LogP contribution in [0.2, 0.25) is 0 Å². The molecule has 1 aliphatic heterocycles. The lowest BCUT2D eigenvalue weighted by Gasteiger charge is -2.41. The lowest BCUT2D eigenvalue weighted by Crippen LogP contribution is -2.54. The van der Waals surface area contributed by atoms with Crippen LogP contribution in [0.25, 0.3) is 0 Å². The van der Waals surface area contributed by atoms with Gasteiger partial charge in [0.2, 0.25) is 0 Å². The molecule has 3 atom stereocenters. The van der Waals surface area contributed by atoms with Crippen LogP contribution in [0.3, 0.4) is 0 Å². The van der Waals surface area contributed by atoms with Crippen LogP contribution < -0.4 is 5.32 Å². The van der Waals surface area contributed by atoms with Gasteiger partial charge in [0.25, 0.3) is 0 Å². The van der Waals surface area contributed by atoms with Gasteiger partial charge < -0.3 is 5.32 Å². The van der Waals surface area contributed by atoms with Crippen LogP contribution >= 0.6 is 0 Å². The highest BCUT2D eigenvalue weighted by Crippen LogP contribution is 2.26. The maximum absolute atomic E-state index is 3.56. The molecule has 1 N–H and O–H groups in total. The molecule has 2 nitrogen and oxygen atoms in total. The van der Waals surface area contributed by atoms with E-state index in [0.29, 0.717) is 24.0 Å². The summed E-state index contributed by atoms with van der Waals surface area (Å²) in [5.74, 6) is 0.603. The van der Waals surface area contributed by atoms with Crippen molar-refractivity contribution in [1.29, 1.82) is 0 Å². The fourth-order valence-electron chi connectivity index (χ4n) is 2.96. The van der Waals surface area contributed by atoms with Gasteiger partial charge >= 0.3 is 0 Å². The Bertz CT molecular complexity index is 413. The van der Waals surface area contributed by atoms with E-state index < -0.39 is 0 Å². The van der Waals surface area contributed by atoms with Gasteiger partial charge in [0, 0.05) is 31.2 Å². The van der Waals surface area contributed by atoms with Crippen LogP contribution in [0.5, 0.6) is 0 Å². The number of nitrogens with zero attached hydrogens (tertiary/aromatic N) is 1. The second-order valence-corrected chi connectivity index (χ2v) is 6.36. The largest absolute Gasteiger partial charge is 0.311 e. The lowest BCUT2D eigenvalue weighted by molar-refractivity contribution is 0.103. The minimum absolute atomic E-state index is 0.498. The summed E-state index contributed by atoms with van der Waals surface area (Å²) in [5.41, 5.74) is 2.90. The summed E-state index contributed by atoms with van der Waals surface area (Å²) in [6.45, 7) is 13.7. The van der Waals surface area contributed by atoms with E-state index in [-0.39, 0.29) is 0 Å². The predicted octanol–water partition coefficient (Wildman–Crippen LogP) is 3.55. The van der Waals surface area contributed by atoms with E-state index in [1.807, 2.05) is 0 Å². The van der Waals surface area contributed by atoms with Gasteiger partial charge in [-0.15, -0.1) is 0 Å². The molecule has 1 heterocycles. The van der Waals surface area contributed by atoms with Crippen LogP contribution in [-0.4, -0.2) is 30.1 Å². The van der Waals surface area contributed by atoms with Gasteiger partial charge in [0.05, 0.1) is 0 Å². The summed E-state index contributed by atoms with van der Waals surface area (Å²) in [4.78, 5) is 2.63. The van der Waals surface area contributed by atoms with Crippen LogP contribution in [0.15, 0.2) is 24.3 Å². The summed E-state index contributed by atoms with van der Waals surface area (Å²) in [6, 6.07) is 10.8. The smallest absolute Gasteiger partial charge is 0.0323 e. The molecule has 1 saturated heterocycles. The van der Waals surface area contributed by atoms with Crippen molar-refractivity contribution in [3.63, 3.8) is 0 Å². The molecule has 1 aromatic rings. The summed E-state index contributed by atoms with van der Waals surface area (Å²) in [7, 11) is 0. The Morgan fingerprint density at radius 2 is 1.84 bits per heavy atom. The van der Waals surface area contributed by atoms with Crippen molar-refractivity contribution in [1.82, 2.24) is 10.2 Å². The fraction of sp³-hybridized carbons (Fsp3) is 0.647. The minimum Gasteiger partial charge on any atom is -0.311 e. The van der Waals surface area contributed by atoms with Crippen molar-refractivity contribution < 1.29 is 0 Å². The van der Waals surface area contributed by atoms with Gasteiger partial charge in [-0.3, -0.25) is 4.90 Å². The first-order chi connectivity index (χ1) is 8.99. The molecule has 1 fully saturated rings. The Morgan fingerprint density at radius 3 is 2.53 bits per heavy atom. The molecule has 106 valence electrons. The molecule has 0 bridgehead atoms. The second kappa shape index (κ2) is 6.06. The molecule has 0 spiro atoms. The number of hydrogen-bond donors (Lipinski definition) is 1. The van der Waals surface area contributed by atoms with Gasteiger partial charge in [0.15, 0.2) is 0 Å². The van der Waals surface area contributed by atoms with Gasteiger partial charge in [-0.2, -0.15) is 0 Å². The predicted molar refractivity (Wildman–Crippen MR) is 82.6 cm³/mol. The van der Waals surface area contributed by atoms with Crippen molar-refractivity contribution in [3.8, 4) is 0 Å². The summed E-state index contributed by atoms with van der Waals surface area (Å²) in [5, 5.41) is 3.56. The van der Waals surface area contributed by atoms with Gasteiger partial charge in [-0.1, -0.05) is 38.1 Å². The number of hydrogen-bond acceptors (Lipinski definition) is 2. The van der Waals surface area contributed by atoms with E-state index in [1.54, 1.807) is 0 Å². The van der Waals surface area contributed by atoms with E-state index in [2.05, 4.69) is 69.1 Å². The van der Waals surface area contributed by atoms with Gasteiger partial charge in [-0.05, 0) is 37.8 Å². The molecule has 19 heavy (non-hydrogen) atoms. The third-order valence-corrected chi connectivity index (χ3v) is 4.37. The van der Waals surface area contributed by atoms with E-state index >= 15 is 0 Å². The zero-order chi connectivity index (χ0) is 14.0. The Balaban J connectivity index is 2.18. The van der Waals surface area contributed by atoms with Crippen LogP contribution in [0.1, 0.15) is 57.7 Å². The van der Waals surface area contributed by atoms with Gasteiger partial charge in [-0.25, -0.2) is 0 Å². The molecule has 0 unspecified atom stereocenters. The Hall–Kier alpha value is -0.860. The third kappa shape index (κ3) is 3.37. The summed E-state index contributed by atoms with van der Waals surface area (Å²) >= 11 is 0. The monoisotopic (exact) mass is 260 g/mol. The number of nitrogens with one attached hydrogen (secondary N) is 1. The molecule has 2 rings (SSSR count). The normalized spacial score (nSPS) is 26.6. The zero-order valence-electron chi connectivity index (χ0n) is 13.0. The summed E-state index contributed by atoms with van der Waals surface area (Å²) < 4.78 is 0. The quantitative estimate of drug-likeness (QED) is 0.894. The molecule has 0 radical (unpaired) electrons. The molecule has 0 saturated carbocycles. The molecular formula is C17H28N2. The van der Waals surface area contributed by atoms with Crippen LogP contribution in [0, 0.1) is 0 Å². The van der Waals surface area contributed by atoms with Crippen molar-refractivity contribution in [2.75, 3.05) is 13.1 Å². The molecule has 0 aliphatic carbocycles. The first-order valence-corrected chi connectivity index (χ1v) is 7.58. The average molecular weight is 260 g/mol.